The van der Waals surface area contributed by atoms with Crippen molar-refractivity contribution < 1.29 is 20.5 Å². The average molecular weight is 137 g/mol. The molecule has 0 bridgehead atoms. The van der Waals surface area contributed by atoms with Crippen molar-refractivity contribution in [3.05, 3.63) is 12.7 Å². The first-order valence-corrected chi connectivity index (χ1v) is 1.88. The van der Waals surface area contributed by atoms with Gasteiger partial charge in [-0.05, 0) is 0 Å². The highest BCUT2D eigenvalue weighted by atomic mass is 16.6. The summed E-state index contributed by atoms with van der Waals surface area (Å²) in [6, 6.07) is 0. The number of hydrogen-bond acceptors (Lipinski definition) is 2. The minimum atomic E-state index is -1.83. The summed E-state index contributed by atoms with van der Waals surface area (Å²) in [5.74, 6) is 0. The van der Waals surface area contributed by atoms with Gasteiger partial charge in [-0.1, -0.05) is 6.08 Å². The zero-order valence-corrected chi connectivity index (χ0v) is 4.87. The molecule has 0 atom stereocenters. The van der Waals surface area contributed by atoms with E-state index in [9.17, 15) is 0 Å². The summed E-state index contributed by atoms with van der Waals surface area (Å²) in [4.78, 5) is 8.56. The van der Waals surface area contributed by atoms with E-state index in [0.717, 1.165) is 0 Å². The number of rotatable bonds is 1. The van der Waals surface area contributed by atoms with Crippen LogP contribution in [0.5, 0.6) is 0 Å². The van der Waals surface area contributed by atoms with E-state index in [1.165, 1.54) is 0 Å². The smallest absolute Gasteiger partial charge is 0.450 e. The third kappa shape index (κ3) is 34400. The van der Waals surface area contributed by atoms with Crippen LogP contribution in [0.1, 0.15) is 0 Å². The van der Waals surface area contributed by atoms with Crippen LogP contribution in [0.25, 0.3) is 0 Å². The average Bonchev–Trinajstić information content (AvgIpc) is 1.65. The van der Waals surface area contributed by atoms with Gasteiger partial charge in [0, 0.05) is 6.54 Å². The molecule has 0 spiro atoms. The normalized spacial score (nSPS) is 5.44. The van der Waals surface area contributed by atoms with Gasteiger partial charge in [0.05, 0.1) is 0 Å². The number of carboxylic acid groups (broad SMARTS) is 2. The molecule has 9 heavy (non-hydrogen) atoms. The van der Waals surface area contributed by atoms with Crippen LogP contribution in [0.3, 0.4) is 0 Å². The second-order valence-corrected chi connectivity index (χ2v) is 0.807. The highest BCUT2D eigenvalue weighted by Crippen LogP contribution is 1.42. The van der Waals surface area contributed by atoms with Gasteiger partial charge in [-0.2, -0.15) is 0 Å². The predicted molar refractivity (Wildman–Crippen MR) is 33.5 cm³/mol. The van der Waals surface area contributed by atoms with Crippen LogP contribution >= 0.6 is 0 Å². The SMILES string of the molecule is C=CCN.O.O=C(O)O. The monoisotopic (exact) mass is 137 g/mol. The first-order valence-electron chi connectivity index (χ1n) is 1.88. The van der Waals surface area contributed by atoms with Crippen LogP contribution in [0, 0.1) is 0 Å². The van der Waals surface area contributed by atoms with E-state index < -0.39 is 6.16 Å². The Hall–Kier alpha value is -1.07. The molecule has 0 aromatic carbocycles. The second-order valence-electron chi connectivity index (χ2n) is 0.807. The van der Waals surface area contributed by atoms with Gasteiger partial charge < -0.3 is 21.4 Å². The van der Waals surface area contributed by atoms with E-state index in [1.807, 2.05) is 0 Å². The molecule has 0 aromatic rings. The zero-order chi connectivity index (χ0) is 6.99. The highest BCUT2D eigenvalue weighted by Gasteiger charge is 1.70. The van der Waals surface area contributed by atoms with Crippen molar-refractivity contribution in [2.24, 2.45) is 5.73 Å². The van der Waals surface area contributed by atoms with Gasteiger partial charge in [-0.3, -0.25) is 0 Å². The Labute approximate surface area is 52.7 Å². The molecule has 0 rings (SSSR count). The molecule has 0 aliphatic heterocycles. The minimum Gasteiger partial charge on any atom is -0.450 e. The number of carbonyl (C=O) groups is 1. The van der Waals surface area contributed by atoms with E-state index >= 15 is 0 Å². The quantitative estimate of drug-likeness (QED) is 0.423. The van der Waals surface area contributed by atoms with E-state index in [1.54, 1.807) is 6.08 Å². The van der Waals surface area contributed by atoms with E-state index in [2.05, 4.69) is 6.58 Å². The number of nitrogens with two attached hydrogens (primary N) is 1. The van der Waals surface area contributed by atoms with Crippen molar-refractivity contribution >= 4 is 6.16 Å². The Morgan fingerprint density at radius 3 is 1.78 bits per heavy atom. The molecule has 56 valence electrons. The third-order valence-corrected chi connectivity index (χ3v) is 0.167. The van der Waals surface area contributed by atoms with Gasteiger partial charge >= 0.3 is 6.16 Å². The zero-order valence-electron chi connectivity index (χ0n) is 4.87. The van der Waals surface area contributed by atoms with Gasteiger partial charge in [0.1, 0.15) is 0 Å². The summed E-state index contributed by atoms with van der Waals surface area (Å²) >= 11 is 0. The molecule has 0 aliphatic rings. The fourth-order valence-electron chi connectivity index (χ4n) is 0. The molecular formula is C4H11NO4. The molecule has 0 aromatic heterocycles. The van der Waals surface area contributed by atoms with Crippen molar-refractivity contribution in [1.82, 2.24) is 0 Å². The fourth-order valence-corrected chi connectivity index (χ4v) is 0. The summed E-state index contributed by atoms with van der Waals surface area (Å²) in [5.41, 5.74) is 4.91. The second kappa shape index (κ2) is 15.8. The summed E-state index contributed by atoms with van der Waals surface area (Å²) in [6.07, 6.45) is -0.181. The van der Waals surface area contributed by atoms with Crippen LogP contribution < -0.4 is 5.73 Å². The van der Waals surface area contributed by atoms with Gasteiger partial charge in [0.15, 0.2) is 0 Å². The molecule has 0 fully saturated rings. The maximum absolute atomic E-state index is 8.56. The Morgan fingerprint density at radius 2 is 1.78 bits per heavy atom. The topological polar surface area (TPSA) is 115 Å². The van der Waals surface area contributed by atoms with Gasteiger partial charge in [0.2, 0.25) is 0 Å². The van der Waals surface area contributed by atoms with Gasteiger partial charge in [0.25, 0.3) is 0 Å². The van der Waals surface area contributed by atoms with Crippen LogP contribution in [-0.4, -0.2) is 28.4 Å². The summed E-state index contributed by atoms with van der Waals surface area (Å²) in [7, 11) is 0. The Morgan fingerprint density at radius 1 is 1.67 bits per heavy atom. The van der Waals surface area contributed by atoms with Crippen molar-refractivity contribution in [3.63, 3.8) is 0 Å². The maximum Gasteiger partial charge on any atom is 0.503 e. The summed E-state index contributed by atoms with van der Waals surface area (Å²) < 4.78 is 0. The van der Waals surface area contributed by atoms with E-state index in [-0.39, 0.29) is 5.48 Å². The van der Waals surface area contributed by atoms with Crippen molar-refractivity contribution in [3.8, 4) is 0 Å². The fraction of sp³-hybridized carbons (Fsp3) is 0.250. The molecule has 0 saturated carbocycles. The van der Waals surface area contributed by atoms with Gasteiger partial charge in [-0.25, -0.2) is 4.79 Å². The molecule has 0 amide bonds. The molecular weight excluding hydrogens is 126 g/mol. The molecule has 5 nitrogen and oxygen atoms in total. The first kappa shape index (κ1) is 15.7. The third-order valence-electron chi connectivity index (χ3n) is 0.167. The van der Waals surface area contributed by atoms with E-state index in [0.29, 0.717) is 6.54 Å². The Kier molecular flexibility index (Phi) is 27.5. The van der Waals surface area contributed by atoms with E-state index in [4.69, 9.17) is 20.7 Å². The lowest BCUT2D eigenvalue weighted by Crippen LogP contribution is -1.90. The lowest BCUT2D eigenvalue weighted by Gasteiger charge is -1.61. The van der Waals surface area contributed by atoms with Crippen molar-refractivity contribution in [2.45, 2.75) is 0 Å². The molecule has 5 heteroatoms. The number of hydrogen-bond donors (Lipinski definition) is 3. The lowest BCUT2D eigenvalue weighted by molar-refractivity contribution is 0.137. The highest BCUT2D eigenvalue weighted by molar-refractivity contribution is 5.53. The summed E-state index contributed by atoms with van der Waals surface area (Å²) in [5, 5.41) is 13.9. The lowest BCUT2D eigenvalue weighted by atomic mass is 10.7. The molecule has 0 aliphatic carbocycles. The Balaban J connectivity index is -0.0000000720. The first-order chi connectivity index (χ1) is 3.65. The summed E-state index contributed by atoms with van der Waals surface area (Å²) in [6.45, 7) is 3.94. The van der Waals surface area contributed by atoms with Crippen LogP contribution in [0.15, 0.2) is 12.7 Å². The largest absolute Gasteiger partial charge is 0.503 e. The van der Waals surface area contributed by atoms with Crippen LogP contribution in [0.4, 0.5) is 4.79 Å². The maximum atomic E-state index is 8.56. The molecule has 0 heterocycles. The standard InChI is InChI=1S/C3H7N.CH2O3.H2O/c1-2-3-4;2-1(3)4;/h2H,1,3-4H2;(H2,2,3,4);1H2. The van der Waals surface area contributed by atoms with Crippen molar-refractivity contribution in [1.29, 1.82) is 0 Å². The molecule has 6 N–H and O–H groups in total. The Bertz CT molecular complexity index is 69.0. The van der Waals surface area contributed by atoms with Gasteiger partial charge in [-0.15, -0.1) is 6.58 Å². The molecule has 0 radical (unpaired) electrons. The van der Waals surface area contributed by atoms with Crippen LogP contribution in [0.2, 0.25) is 0 Å². The van der Waals surface area contributed by atoms with Crippen LogP contribution in [-0.2, 0) is 0 Å². The minimum absolute atomic E-state index is 0. The molecule has 0 unspecified atom stereocenters. The molecule has 0 saturated heterocycles. The van der Waals surface area contributed by atoms with Crippen molar-refractivity contribution in [2.75, 3.05) is 6.54 Å². The predicted octanol–water partition coefficient (Wildman–Crippen LogP) is -0.471.